The van der Waals surface area contributed by atoms with Crippen LogP contribution < -0.4 is 20.2 Å². The Morgan fingerprint density at radius 2 is 1.53 bits per heavy atom. The van der Waals surface area contributed by atoms with Gasteiger partial charge in [-0.05, 0) is 79.2 Å². The summed E-state index contributed by atoms with van der Waals surface area (Å²) in [6.07, 6.45) is 1.32. The minimum absolute atomic E-state index is 0.213. The standard InChI is InChI=1S/C24H19Cl2N3O5/c1-2-33-21-13-15(3-12-20(21)34-24(32)16-4-6-17(25)7-5-16)14-27-29-23(31)22(30)28-19-10-8-18(26)9-11-19/h3-14H,2H2,1H3,(H,28,30)(H,29,31)/b27-14-. The fourth-order valence-corrected chi connectivity index (χ4v) is 2.89. The Kier molecular flexibility index (Phi) is 8.61. The summed E-state index contributed by atoms with van der Waals surface area (Å²) < 4.78 is 11.0. The molecule has 0 aliphatic heterocycles. The number of halogens is 2. The molecule has 3 rings (SSSR count). The summed E-state index contributed by atoms with van der Waals surface area (Å²) in [4.78, 5) is 36.3. The van der Waals surface area contributed by atoms with Crippen molar-refractivity contribution in [3.05, 3.63) is 87.9 Å². The van der Waals surface area contributed by atoms with Crippen molar-refractivity contribution in [2.45, 2.75) is 6.92 Å². The van der Waals surface area contributed by atoms with E-state index < -0.39 is 17.8 Å². The number of esters is 1. The highest BCUT2D eigenvalue weighted by atomic mass is 35.5. The summed E-state index contributed by atoms with van der Waals surface area (Å²) in [5.74, 6) is -1.90. The van der Waals surface area contributed by atoms with Gasteiger partial charge in [0.05, 0.1) is 18.4 Å². The number of benzene rings is 3. The fourth-order valence-electron chi connectivity index (χ4n) is 2.64. The lowest BCUT2D eigenvalue weighted by atomic mass is 10.2. The monoisotopic (exact) mass is 499 g/mol. The molecule has 2 amide bonds. The quantitative estimate of drug-likeness (QED) is 0.161. The Morgan fingerprint density at radius 3 is 2.18 bits per heavy atom. The van der Waals surface area contributed by atoms with E-state index in [4.69, 9.17) is 32.7 Å². The van der Waals surface area contributed by atoms with Gasteiger partial charge in [0, 0.05) is 15.7 Å². The topological polar surface area (TPSA) is 106 Å². The molecule has 0 atom stereocenters. The molecule has 0 spiro atoms. The highest BCUT2D eigenvalue weighted by molar-refractivity contribution is 6.39. The van der Waals surface area contributed by atoms with Crippen molar-refractivity contribution < 1.29 is 23.9 Å². The lowest BCUT2D eigenvalue weighted by Gasteiger charge is -2.11. The van der Waals surface area contributed by atoms with Gasteiger partial charge in [0.1, 0.15) is 0 Å². The first kappa shape index (κ1) is 24.8. The zero-order valence-corrected chi connectivity index (χ0v) is 19.4. The van der Waals surface area contributed by atoms with Gasteiger partial charge < -0.3 is 14.8 Å². The molecule has 0 radical (unpaired) electrons. The molecule has 10 heteroatoms. The van der Waals surface area contributed by atoms with Gasteiger partial charge in [-0.3, -0.25) is 9.59 Å². The number of ether oxygens (including phenoxy) is 2. The Morgan fingerprint density at radius 1 is 0.882 bits per heavy atom. The van der Waals surface area contributed by atoms with Crippen LogP contribution in [0.4, 0.5) is 5.69 Å². The van der Waals surface area contributed by atoms with Crippen molar-refractivity contribution in [1.82, 2.24) is 5.43 Å². The van der Waals surface area contributed by atoms with Crippen molar-refractivity contribution in [3.63, 3.8) is 0 Å². The van der Waals surface area contributed by atoms with E-state index in [0.717, 1.165) is 0 Å². The van der Waals surface area contributed by atoms with E-state index in [1.807, 2.05) is 0 Å². The Bertz CT molecular complexity index is 1210. The summed E-state index contributed by atoms with van der Waals surface area (Å²) in [7, 11) is 0. The number of anilines is 1. The van der Waals surface area contributed by atoms with Gasteiger partial charge in [-0.1, -0.05) is 23.2 Å². The second-order valence-electron chi connectivity index (χ2n) is 6.70. The Balaban J connectivity index is 1.62. The average molecular weight is 500 g/mol. The van der Waals surface area contributed by atoms with E-state index in [0.29, 0.717) is 39.2 Å². The van der Waals surface area contributed by atoms with Crippen LogP contribution in [-0.4, -0.2) is 30.6 Å². The minimum Gasteiger partial charge on any atom is -0.490 e. The second kappa shape index (κ2) is 11.8. The van der Waals surface area contributed by atoms with Crippen molar-refractivity contribution in [3.8, 4) is 11.5 Å². The summed E-state index contributed by atoms with van der Waals surface area (Å²) in [5, 5.41) is 7.22. The molecule has 0 bridgehead atoms. The van der Waals surface area contributed by atoms with Crippen LogP contribution in [0.3, 0.4) is 0 Å². The third kappa shape index (κ3) is 7.06. The average Bonchev–Trinajstić information content (AvgIpc) is 2.82. The highest BCUT2D eigenvalue weighted by Gasteiger charge is 2.14. The summed E-state index contributed by atoms with van der Waals surface area (Å²) in [5.41, 5.74) is 3.42. The van der Waals surface area contributed by atoms with Gasteiger partial charge in [0.25, 0.3) is 0 Å². The minimum atomic E-state index is -0.954. The molecule has 2 N–H and O–H groups in total. The maximum absolute atomic E-state index is 12.4. The van der Waals surface area contributed by atoms with Crippen LogP contribution in [0.1, 0.15) is 22.8 Å². The van der Waals surface area contributed by atoms with Crippen LogP contribution in [0.5, 0.6) is 11.5 Å². The highest BCUT2D eigenvalue weighted by Crippen LogP contribution is 2.29. The van der Waals surface area contributed by atoms with Crippen molar-refractivity contribution in [1.29, 1.82) is 0 Å². The van der Waals surface area contributed by atoms with Gasteiger partial charge in [-0.2, -0.15) is 5.10 Å². The molecule has 34 heavy (non-hydrogen) atoms. The normalized spacial score (nSPS) is 10.6. The number of rotatable bonds is 7. The Labute approximate surface area is 205 Å². The van der Waals surface area contributed by atoms with Gasteiger partial charge in [-0.25, -0.2) is 10.2 Å². The molecule has 0 unspecified atom stereocenters. The molecule has 0 saturated heterocycles. The largest absolute Gasteiger partial charge is 0.490 e. The fraction of sp³-hybridized carbons (Fsp3) is 0.0833. The predicted molar refractivity (Wildman–Crippen MR) is 130 cm³/mol. The summed E-state index contributed by atoms with van der Waals surface area (Å²) in [6.45, 7) is 2.11. The SMILES string of the molecule is CCOc1cc(/C=N\NC(=O)C(=O)Nc2ccc(Cl)cc2)ccc1OC(=O)c1ccc(Cl)cc1. The van der Waals surface area contributed by atoms with E-state index >= 15 is 0 Å². The van der Waals surface area contributed by atoms with E-state index in [2.05, 4.69) is 15.8 Å². The van der Waals surface area contributed by atoms with Gasteiger partial charge in [0.2, 0.25) is 0 Å². The molecule has 0 saturated carbocycles. The number of hydrogen-bond acceptors (Lipinski definition) is 6. The molecular formula is C24H19Cl2N3O5. The van der Waals surface area contributed by atoms with Crippen LogP contribution in [0.25, 0.3) is 0 Å². The van der Waals surface area contributed by atoms with E-state index in [9.17, 15) is 14.4 Å². The van der Waals surface area contributed by atoms with Crippen molar-refractivity contribution in [2.24, 2.45) is 5.10 Å². The lowest BCUT2D eigenvalue weighted by molar-refractivity contribution is -0.136. The van der Waals surface area contributed by atoms with Crippen LogP contribution in [0.15, 0.2) is 71.8 Å². The Hall–Kier alpha value is -3.88. The molecule has 0 heterocycles. The second-order valence-corrected chi connectivity index (χ2v) is 7.57. The predicted octanol–water partition coefficient (Wildman–Crippen LogP) is 4.70. The zero-order valence-electron chi connectivity index (χ0n) is 17.9. The van der Waals surface area contributed by atoms with Crippen molar-refractivity contribution in [2.75, 3.05) is 11.9 Å². The lowest BCUT2D eigenvalue weighted by Crippen LogP contribution is -2.32. The molecule has 0 aromatic heterocycles. The third-order valence-electron chi connectivity index (χ3n) is 4.24. The maximum Gasteiger partial charge on any atom is 0.343 e. The molecule has 0 fully saturated rings. The van der Waals surface area contributed by atoms with Crippen LogP contribution in [0.2, 0.25) is 10.0 Å². The molecule has 0 aliphatic carbocycles. The number of carbonyl (C=O) groups excluding carboxylic acids is 3. The number of nitrogens with one attached hydrogen (secondary N) is 2. The zero-order chi connectivity index (χ0) is 24.5. The molecule has 3 aromatic rings. The first-order valence-corrected chi connectivity index (χ1v) is 10.8. The number of hydrazone groups is 1. The van der Waals surface area contributed by atoms with E-state index in [1.165, 1.54) is 12.3 Å². The molecule has 8 nitrogen and oxygen atoms in total. The van der Waals surface area contributed by atoms with Gasteiger partial charge in [-0.15, -0.1) is 0 Å². The van der Waals surface area contributed by atoms with E-state index in [1.54, 1.807) is 67.6 Å². The van der Waals surface area contributed by atoms with Crippen LogP contribution >= 0.6 is 23.2 Å². The molecule has 3 aromatic carbocycles. The van der Waals surface area contributed by atoms with Gasteiger partial charge in [0.15, 0.2) is 11.5 Å². The molecule has 174 valence electrons. The summed E-state index contributed by atoms with van der Waals surface area (Å²) >= 11 is 11.6. The first-order chi connectivity index (χ1) is 16.4. The van der Waals surface area contributed by atoms with Crippen LogP contribution in [-0.2, 0) is 9.59 Å². The van der Waals surface area contributed by atoms with Gasteiger partial charge >= 0.3 is 17.8 Å². The number of amides is 2. The van der Waals surface area contributed by atoms with Crippen molar-refractivity contribution >= 4 is 52.9 Å². The van der Waals surface area contributed by atoms with E-state index in [-0.39, 0.29) is 5.75 Å². The third-order valence-corrected chi connectivity index (χ3v) is 4.74. The molecular weight excluding hydrogens is 481 g/mol. The first-order valence-electron chi connectivity index (χ1n) is 10.00. The smallest absolute Gasteiger partial charge is 0.343 e. The number of carbonyl (C=O) groups is 3. The maximum atomic E-state index is 12.4. The summed E-state index contributed by atoms with van der Waals surface area (Å²) in [6, 6.07) is 17.3. The number of nitrogens with zero attached hydrogens (tertiary/aromatic N) is 1. The van der Waals surface area contributed by atoms with Crippen LogP contribution in [0, 0.1) is 0 Å². The molecule has 0 aliphatic rings. The number of hydrogen-bond donors (Lipinski definition) is 2.